The molecule has 1 rings (SSSR count). The molecule has 0 heterocycles. The van der Waals surface area contributed by atoms with E-state index >= 15 is 0 Å². The molecule has 2 heteroatoms. The molecular formula is C14H23NO. The van der Waals surface area contributed by atoms with Crippen LogP contribution in [-0.2, 0) is 11.2 Å². The van der Waals surface area contributed by atoms with Gasteiger partial charge < -0.3 is 5.73 Å². The zero-order chi connectivity index (χ0) is 12.0. The van der Waals surface area contributed by atoms with Gasteiger partial charge in [0.2, 0.25) is 0 Å². The Morgan fingerprint density at radius 1 is 1.38 bits per heavy atom. The first-order valence-electron chi connectivity index (χ1n) is 5.98. The topological polar surface area (TPSA) is 43.1 Å². The minimum Gasteiger partial charge on any atom is -0.321 e. The molecule has 0 spiro atoms. The molecule has 16 heavy (non-hydrogen) atoms. The Hall–Kier alpha value is -1.15. The van der Waals surface area contributed by atoms with Crippen molar-refractivity contribution in [1.82, 2.24) is 0 Å². The van der Waals surface area contributed by atoms with Crippen LogP contribution in [0, 0.1) is 5.92 Å². The second kappa shape index (κ2) is 6.44. The van der Waals surface area contributed by atoms with E-state index in [0.29, 0.717) is 0 Å². The van der Waals surface area contributed by atoms with Gasteiger partial charge in [0.25, 0.3) is 0 Å². The minimum atomic E-state index is -0.310. The fourth-order valence-corrected chi connectivity index (χ4v) is 1.68. The lowest BCUT2D eigenvalue weighted by molar-refractivity contribution is -0.123. The Balaban J connectivity index is 0.00000256. The molecule has 0 bridgehead atoms. The van der Waals surface area contributed by atoms with Crippen LogP contribution in [0.5, 0.6) is 0 Å². The summed E-state index contributed by atoms with van der Waals surface area (Å²) in [5, 5.41) is 0. The third-order valence-electron chi connectivity index (χ3n) is 3.05. The molecule has 2 atom stereocenters. The van der Waals surface area contributed by atoms with Crippen molar-refractivity contribution in [2.45, 2.75) is 39.2 Å². The Morgan fingerprint density at radius 3 is 2.56 bits per heavy atom. The average Bonchev–Trinajstić information content (AvgIpc) is 2.35. The van der Waals surface area contributed by atoms with Gasteiger partial charge in [0.1, 0.15) is 0 Å². The van der Waals surface area contributed by atoms with Crippen molar-refractivity contribution in [1.29, 1.82) is 0 Å². The molecule has 0 saturated carbocycles. The quantitative estimate of drug-likeness (QED) is 0.802. The van der Waals surface area contributed by atoms with Gasteiger partial charge in [-0.3, -0.25) is 4.79 Å². The van der Waals surface area contributed by atoms with E-state index in [1.54, 1.807) is 0 Å². The van der Waals surface area contributed by atoms with E-state index in [1.165, 1.54) is 5.56 Å². The molecule has 2 N–H and O–H groups in total. The highest BCUT2D eigenvalue weighted by molar-refractivity contribution is 5.85. The summed E-state index contributed by atoms with van der Waals surface area (Å²) in [6.07, 6.45) is 2.50. The van der Waals surface area contributed by atoms with Crippen LogP contribution in [0.2, 0.25) is 0 Å². The maximum atomic E-state index is 11.8. The molecule has 0 amide bonds. The van der Waals surface area contributed by atoms with Crippen molar-refractivity contribution in [2.75, 3.05) is 0 Å². The van der Waals surface area contributed by atoms with E-state index < -0.39 is 0 Å². The van der Waals surface area contributed by atoms with Crippen LogP contribution in [0.1, 0.15) is 33.7 Å². The summed E-state index contributed by atoms with van der Waals surface area (Å²) in [6, 6.07) is 9.85. The van der Waals surface area contributed by atoms with Gasteiger partial charge >= 0.3 is 0 Å². The lowest BCUT2D eigenvalue weighted by Crippen LogP contribution is -2.34. The molecule has 0 saturated heterocycles. The highest BCUT2D eigenvalue weighted by Crippen LogP contribution is 2.09. The lowest BCUT2D eigenvalue weighted by atomic mass is 9.94. The average molecular weight is 221 g/mol. The third kappa shape index (κ3) is 3.78. The van der Waals surface area contributed by atoms with Gasteiger partial charge in [-0.05, 0) is 24.8 Å². The summed E-state index contributed by atoms with van der Waals surface area (Å²) >= 11 is 0. The number of rotatable bonds is 6. The second-order valence-corrected chi connectivity index (χ2v) is 4.34. The molecule has 1 aromatic carbocycles. The molecular weight excluding hydrogens is 198 g/mol. The Morgan fingerprint density at radius 2 is 2.00 bits per heavy atom. The predicted molar refractivity (Wildman–Crippen MR) is 69.3 cm³/mol. The summed E-state index contributed by atoms with van der Waals surface area (Å²) < 4.78 is 0. The standard InChI is InChI=1S/C14H21NO.H2/c1-3-11(2)14(16)13(15)10-9-12-7-5-4-6-8-12;/h4-8,11,13H,3,9-10,15H2,1-2H3;1H. The fraction of sp³-hybridized carbons (Fsp3) is 0.500. The van der Waals surface area contributed by atoms with Gasteiger partial charge in [-0.15, -0.1) is 0 Å². The number of aryl methyl sites for hydroxylation is 1. The highest BCUT2D eigenvalue weighted by Gasteiger charge is 2.18. The minimum absolute atomic E-state index is 0. The van der Waals surface area contributed by atoms with Gasteiger partial charge in [0, 0.05) is 7.34 Å². The molecule has 0 fully saturated rings. The smallest absolute Gasteiger partial charge is 0.152 e. The summed E-state index contributed by atoms with van der Waals surface area (Å²) in [5.41, 5.74) is 7.14. The first-order chi connectivity index (χ1) is 7.65. The number of carbonyl (C=O) groups excluding carboxylic acids is 1. The molecule has 0 radical (unpaired) electrons. The van der Waals surface area contributed by atoms with Crippen LogP contribution in [0.4, 0.5) is 0 Å². The van der Waals surface area contributed by atoms with Gasteiger partial charge in [0.05, 0.1) is 6.04 Å². The number of ketones is 1. The van der Waals surface area contributed by atoms with Gasteiger partial charge in [-0.25, -0.2) is 0 Å². The molecule has 0 aliphatic carbocycles. The number of carbonyl (C=O) groups is 1. The van der Waals surface area contributed by atoms with Crippen LogP contribution in [0.25, 0.3) is 0 Å². The summed E-state index contributed by atoms with van der Waals surface area (Å²) in [6.45, 7) is 3.97. The number of benzene rings is 1. The van der Waals surface area contributed by atoms with Crippen LogP contribution in [0.3, 0.4) is 0 Å². The van der Waals surface area contributed by atoms with Crippen LogP contribution >= 0.6 is 0 Å². The Kier molecular flexibility index (Phi) is 5.20. The Bertz CT molecular complexity index is 326. The van der Waals surface area contributed by atoms with Crippen molar-refractivity contribution >= 4 is 5.78 Å². The number of nitrogens with two attached hydrogens (primary N) is 1. The van der Waals surface area contributed by atoms with Gasteiger partial charge in [0.15, 0.2) is 5.78 Å². The first kappa shape index (κ1) is 12.9. The fourth-order valence-electron chi connectivity index (χ4n) is 1.68. The van der Waals surface area contributed by atoms with Gasteiger partial charge in [-0.1, -0.05) is 44.2 Å². The molecule has 90 valence electrons. The zero-order valence-corrected chi connectivity index (χ0v) is 10.1. The summed E-state index contributed by atoms with van der Waals surface area (Å²) in [7, 11) is 0. The Labute approximate surface area is 99.3 Å². The highest BCUT2D eigenvalue weighted by atomic mass is 16.1. The molecule has 0 aliphatic heterocycles. The molecule has 2 nitrogen and oxygen atoms in total. The van der Waals surface area contributed by atoms with Crippen molar-refractivity contribution in [3.63, 3.8) is 0 Å². The molecule has 2 unspecified atom stereocenters. The van der Waals surface area contributed by atoms with Crippen LogP contribution < -0.4 is 5.73 Å². The van der Waals surface area contributed by atoms with E-state index in [0.717, 1.165) is 19.3 Å². The van der Waals surface area contributed by atoms with Crippen molar-refractivity contribution < 1.29 is 6.22 Å². The maximum Gasteiger partial charge on any atom is 0.152 e. The van der Waals surface area contributed by atoms with E-state index in [2.05, 4.69) is 12.1 Å². The van der Waals surface area contributed by atoms with E-state index in [-0.39, 0.29) is 19.2 Å². The normalized spacial score (nSPS) is 14.4. The number of hydrogen-bond acceptors (Lipinski definition) is 2. The lowest BCUT2D eigenvalue weighted by Gasteiger charge is -2.14. The molecule has 1 aromatic rings. The van der Waals surface area contributed by atoms with Gasteiger partial charge in [-0.2, -0.15) is 0 Å². The predicted octanol–water partition coefficient (Wildman–Crippen LogP) is 2.81. The second-order valence-electron chi connectivity index (χ2n) is 4.34. The van der Waals surface area contributed by atoms with Crippen molar-refractivity contribution in [3.8, 4) is 0 Å². The largest absolute Gasteiger partial charge is 0.321 e. The van der Waals surface area contributed by atoms with E-state index in [1.807, 2.05) is 32.0 Å². The van der Waals surface area contributed by atoms with Crippen LogP contribution in [0.15, 0.2) is 30.3 Å². The SMILES string of the molecule is CCC(C)C(=O)C(N)CCc1ccccc1.[HH]. The zero-order valence-electron chi connectivity index (χ0n) is 10.1. The van der Waals surface area contributed by atoms with E-state index in [4.69, 9.17) is 5.73 Å². The number of Topliss-reactive ketones (excluding diaryl/α,β-unsaturated/α-hetero) is 1. The summed E-state index contributed by atoms with van der Waals surface area (Å²) in [5.74, 6) is 0.282. The third-order valence-corrected chi connectivity index (χ3v) is 3.05. The summed E-state index contributed by atoms with van der Waals surface area (Å²) in [4.78, 5) is 11.8. The van der Waals surface area contributed by atoms with Crippen molar-refractivity contribution in [3.05, 3.63) is 35.9 Å². The molecule has 0 aromatic heterocycles. The maximum absolute atomic E-state index is 11.8. The first-order valence-corrected chi connectivity index (χ1v) is 5.98. The molecule has 0 aliphatic rings. The monoisotopic (exact) mass is 221 g/mol. The van der Waals surface area contributed by atoms with E-state index in [9.17, 15) is 4.79 Å². The number of hydrogen-bond donors (Lipinski definition) is 1. The van der Waals surface area contributed by atoms with Crippen LogP contribution in [-0.4, -0.2) is 11.8 Å². The van der Waals surface area contributed by atoms with Crippen molar-refractivity contribution in [2.24, 2.45) is 11.7 Å².